The van der Waals surface area contributed by atoms with Crippen molar-refractivity contribution in [2.75, 3.05) is 20.1 Å². The Labute approximate surface area is 161 Å². The molecule has 1 amide bonds. The molecule has 0 atom stereocenters. The minimum atomic E-state index is -3.55. The van der Waals surface area contributed by atoms with Gasteiger partial charge in [-0.15, -0.1) is 0 Å². The Kier molecular flexibility index (Phi) is 5.67. The van der Waals surface area contributed by atoms with Crippen LogP contribution in [0.25, 0.3) is 0 Å². The number of aryl methyl sites for hydroxylation is 2. The highest BCUT2D eigenvalue weighted by molar-refractivity contribution is 7.89. The van der Waals surface area contributed by atoms with Gasteiger partial charge in [0.1, 0.15) is 0 Å². The predicted molar refractivity (Wildman–Crippen MR) is 106 cm³/mol. The Balaban J connectivity index is 1.84. The monoisotopic (exact) mass is 386 g/mol. The molecular weight excluding hydrogens is 360 g/mol. The van der Waals surface area contributed by atoms with E-state index in [1.165, 1.54) is 15.9 Å². The predicted octanol–water partition coefficient (Wildman–Crippen LogP) is 3.36. The lowest BCUT2D eigenvalue weighted by Gasteiger charge is -2.20. The average molecular weight is 387 g/mol. The Hall–Kier alpha value is -2.18. The largest absolute Gasteiger partial charge is 0.337 e. The van der Waals surface area contributed by atoms with E-state index in [2.05, 4.69) is 0 Å². The Morgan fingerprint density at radius 1 is 1.04 bits per heavy atom. The van der Waals surface area contributed by atoms with Crippen molar-refractivity contribution >= 4 is 15.9 Å². The molecule has 0 radical (unpaired) electrons. The molecule has 0 N–H and O–H groups in total. The van der Waals surface area contributed by atoms with Gasteiger partial charge < -0.3 is 4.90 Å². The zero-order valence-corrected chi connectivity index (χ0v) is 16.9. The molecule has 1 aliphatic heterocycles. The van der Waals surface area contributed by atoms with Crippen LogP contribution in [0.2, 0.25) is 0 Å². The number of benzene rings is 2. The van der Waals surface area contributed by atoms with Gasteiger partial charge in [0.25, 0.3) is 5.91 Å². The first-order valence-corrected chi connectivity index (χ1v) is 10.6. The molecule has 0 unspecified atom stereocenters. The third-order valence-electron chi connectivity index (χ3n) is 5.00. The van der Waals surface area contributed by atoms with Gasteiger partial charge in [-0.05, 0) is 49.9 Å². The summed E-state index contributed by atoms with van der Waals surface area (Å²) in [5.41, 5.74) is 3.27. The van der Waals surface area contributed by atoms with Gasteiger partial charge in [0.05, 0.1) is 4.90 Å². The molecule has 6 heteroatoms. The number of carbonyl (C=O) groups excluding carboxylic acids is 1. The van der Waals surface area contributed by atoms with Crippen molar-refractivity contribution in [3.05, 3.63) is 64.7 Å². The number of sulfonamides is 1. The summed E-state index contributed by atoms with van der Waals surface area (Å²) in [6, 6.07) is 13.0. The van der Waals surface area contributed by atoms with Crippen LogP contribution in [0.5, 0.6) is 0 Å². The van der Waals surface area contributed by atoms with Crippen molar-refractivity contribution in [1.82, 2.24) is 9.21 Å². The first-order valence-electron chi connectivity index (χ1n) is 9.21. The van der Waals surface area contributed by atoms with Gasteiger partial charge in [-0.1, -0.05) is 35.9 Å². The quantitative estimate of drug-likeness (QED) is 0.792. The first-order chi connectivity index (χ1) is 12.8. The van der Waals surface area contributed by atoms with Gasteiger partial charge in [0.15, 0.2) is 0 Å². The van der Waals surface area contributed by atoms with E-state index in [9.17, 15) is 13.2 Å². The SMILES string of the molecule is Cc1ccc(CN(C)C(=O)c2ccc(C)c(S(=O)(=O)N3CCCC3)c2)cc1. The number of amides is 1. The fraction of sp³-hybridized carbons (Fsp3) is 0.381. The van der Waals surface area contributed by atoms with Crippen LogP contribution in [-0.2, 0) is 16.6 Å². The molecule has 27 heavy (non-hydrogen) atoms. The molecule has 1 heterocycles. The molecule has 2 aromatic rings. The van der Waals surface area contributed by atoms with Gasteiger partial charge in [0.2, 0.25) is 10.0 Å². The zero-order chi connectivity index (χ0) is 19.6. The zero-order valence-electron chi connectivity index (χ0n) is 16.1. The Morgan fingerprint density at radius 2 is 1.67 bits per heavy atom. The standard InChI is InChI=1S/C21H26N2O3S/c1-16-6-9-18(10-7-16)15-22(3)21(24)19-11-8-17(2)20(14-19)27(25,26)23-12-4-5-13-23/h6-11,14H,4-5,12-13,15H2,1-3H3. The summed E-state index contributed by atoms with van der Waals surface area (Å²) in [5, 5.41) is 0. The lowest BCUT2D eigenvalue weighted by molar-refractivity contribution is 0.0785. The topological polar surface area (TPSA) is 57.7 Å². The highest BCUT2D eigenvalue weighted by Gasteiger charge is 2.29. The minimum Gasteiger partial charge on any atom is -0.337 e. The molecule has 2 aromatic carbocycles. The summed E-state index contributed by atoms with van der Waals surface area (Å²) < 4.78 is 27.4. The Bertz CT molecular complexity index is 930. The van der Waals surface area contributed by atoms with Gasteiger partial charge in [-0.25, -0.2) is 8.42 Å². The summed E-state index contributed by atoms with van der Waals surface area (Å²) in [5.74, 6) is -0.187. The molecule has 1 fully saturated rings. The second-order valence-corrected chi connectivity index (χ2v) is 9.14. The van der Waals surface area contributed by atoms with E-state index in [4.69, 9.17) is 0 Å². The summed E-state index contributed by atoms with van der Waals surface area (Å²) in [6.07, 6.45) is 1.77. The van der Waals surface area contributed by atoms with Crippen molar-refractivity contribution < 1.29 is 13.2 Å². The summed E-state index contributed by atoms with van der Waals surface area (Å²) in [4.78, 5) is 14.7. The molecule has 1 aliphatic rings. The van der Waals surface area contributed by atoms with E-state index in [1.807, 2.05) is 31.2 Å². The van der Waals surface area contributed by atoms with Crippen LogP contribution in [-0.4, -0.2) is 43.7 Å². The molecule has 0 aromatic heterocycles. The van der Waals surface area contributed by atoms with Crippen molar-refractivity contribution in [3.8, 4) is 0 Å². The van der Waals surface area contributed by atoms with Crippen molar-refractivity contribution in [1.29, 1.82) is 0 Å². The summed E-state index contributed by atoms with van der Waals surface area (Å²) in [6.45, 7) is 5.36. The molecule has 3 rings (SSSR count). The van der Waals surface area contributed by atoms with Crippen LogP contribution >= 0.6 is 0 Å². The van der Waals surface area contributed by atoms with E-state index in [0.717, 1.165) is 18.4 Å². The fourth-order valence-corrected chi connectivity index (χ4v) is 5.11. The molecule has 0 saturated carbocycles. The fourth-order valence-electron chi connectivity index (χ4n) is 3.34. The minimum absolute atomic E-state index is 0.187. The van der Waals surface area contributed by atoms with Gasteiger partial charge in [-0.3, -0.25) is 4.79 Å². The molecule has 144 valence electrons. The maximum atomic E-state index is 12.9. The highest BCUT2D eigenvalue weighted by Crippen LogP contribution is 2.25. The molecule has 5 nitrogen and oxygen atoms in total. The number of hydrogen-bond donors (Lipinski definition) is 0. The van der Waals surface area contributed by atoms with Crippen molar-refractivity contribution in [3.63, 3.8) is 0 Å². The normalized spacial score (nSPS) is 15.1. The van der Waals surface area contributed by atoms with E-state index in [0.29, 0.717) is 30.8 Å². The van der Waals surface area contributed by atoms with Gasteiger partial charge >= 0.3 is 0 Å². The van der Waals surface area contributed by atoms with Crippen LogP contribution in [0.3, 0.4) is 0 Å². The molecular formula is C21H26N2O3S. The molecule has 0 bridgehead atoms. The molecule has 0 spiro atoms. The molecule has 1 saturated heterocycles. The lowest BCUT2D eigenvalue weighted by atomic mass is 10.1. The molecule has 0 aliphatic carbocycles. The van der Waals surface area contributed by atoms with Crippen molar-refractivity contribution in [2.45, 2.75) is 38.1 Å². The summed E-state index contributed by atoms with van der Waals surface area (Å²) in [7, 11) is -1.82. The first kappa shape index (κ1) is 19.6. The van der Waals surface area contributed by atoms with E-state index in [-0.39, 0.29) is 10.8 Å². The van der Waals surface area contributed by atoms with Crippen LogP contribution in [0.4, 0.5) is 0 Å². The lowest BCUT2D eigenvalue weighted by Crippen LogP contribution is -2.29. The van der Waals surface area contributed by atoms with E-state index >= 15 is 0 Å². The van der Waals surface area contributed by atoms with Gasteiger partial charge in [-0.2, -0.15) is 4.31 Å². The second kappa shape index (κ2) is 7.82. The second-order valence-electron chi connectivity index (χ2n) is 7.24. The highest BCUT2D eigenvalue weighted by atomic mass is 32.2. The van der Waals surface area contributed by atoms with Crippen LogP contribution < -0.4 is 0 Å². The maximum absolute atomic E-state index is 12.9. The third kappa shape index (κ3) is 4.22. The van der Waals surface area contributed by atoms with E-state index < -0.39 is 10.0 Å². The Morgan fingerprint density at radius 3 is 2.30 bits per heavy atom. The van der Waals surface area contributed by atoms with Crippen LogP contribution in [0.1, 0.15) is 39.9 Å². The third-order valence-corrected chi connectivity index (χ3v) is 7.05. The number of carbonyl (C=O) groups is 1. The number of hydrogen-bond acceptors (Lipinski definition) is 3. The summed E-state index contributed by atoms with van der Waals surface area (Å²) >= 11 is 0. The van der Waals surface area contributed by atoms with E-state index in [1.54, 1.807) is 31.0 Å². The number of nitrogens with zero attached hydrogens (tertiary/aromatic N) is 2. The smallest absolute Gasteiger partial charge is 0.253 e. The average Bonchev–Trinajstić information content (AvgIpc) is 3.19. The number of rotatable bonds is 5. The van der Waals surface area contributed by atoms with Crippen LogP contribution in [0, 0.1) is 13.8 Å². The maximum Gasteiger partial charge on any atom is 0.253 e. The van der Waals surface area contributed by atoms with Gasteiger partial charge in [0, 0.05) is 32.2 Å². The van der Waals surface area contributed by atoms with Crippen LogP contribution in [0.15, 0.2) is 47.4 Å². The van der Waals surface area contributed by atoms with Crippen molar-refractivity contribution in [2.24, 2.45) is 0 Å².